The van der Waals surface area contributed by atoms with Gasteiger partial charge >= 0.3 is 0 Å². The first-order valence-electron chi connectivity index (χ1n) is 4.39. The third-order valence-corrected chi connectivity index (χ3v) is 2.25. The summed E-state index contributed by atoms with van der Waals surface area (Å²) in [7, 11) is 1.61. The number of imidazole rings is 1. The Bertz CT molecular complexity index is 442. The van der Waals surface area contributed by atoms with Crippen LogP contribution in [-0.2, 0) is 0 Å². The van der Waals surface area contributed by atoms with Gasteiger partial charge in [-0.05, 0) is 12.1 Å². The van der Waals surface area contributed by atoms with Gasteiger partial charge < -0.3 is 15.0 Å². The lowest BCUT2D eigenvalue weighted by atomic mass is 10.3. The number of aromatic amines is 1. The van der Waals surface area contributed by atoms with Crippen molar-refractivity contribution in [1.29, 1.82) is 0 Å². The Labute approximate surface area is 92.2 Å². The second kappa shape index (κ2) is 4.23. The topological polar surface area (TPSA) is 49.9 Å². The van der Waals surface area contributed by atoms with E-state index in [-0.39, 0.29) is 0 Å². The van der Waals surface area contributed by atoms with Crippen molar-refractivity contribution in [2.45, 2.75) is 0 Å². The molecule has 0 bridgehead atoms. The van der Waals surface area contributed by atoms with E-state index in [2.05, 4.69) is 15.3 Å². The van der Waals surface area contributed by atoms with Crippen LogP contribution in [0.4, 0.5) is 11.6 Å². The van der Waals surface area contributed by atoms with Gasteiger partial charge in [0.1, 0.15) is 5.75 Å². The highest BCUT2D eigenvalue weighted by Crippen LogP contribution is 2.28. The van der Waals surface area contributed by atoms with Crippen molar-refractivity contribution in [2.75, 3.05) is 12.4 Å². The molecular weight excluding hydrogens is 214 g/mol. The zero-order valence-electron chi connectivity index (χ0n) is 8.12. The molecule has 0 unspecified atom stereocenters. The molecule has 2 rings (SSSR count). The second-order valence-corrected chi connectivity index (χ2v) is 3.32. The van der Waals surface area contributed by atoms with Crippen molar-refractivity contribution in [3.63, 3.8) is 0 Å². The molecule has 5 heteroatoms. The zero-order valence-corrected chi connectivity index (χ0v) is 8.88. The normalized spacial score (nSPS) is 10.0. The van der Waals surface area contributed by atoms with Crippen LogP contribution in [0.3, 0.4) is 0 Å². The lowest BCUT2D eigenvalue weighted by Crippen LogP contribution is -1.94. The Morgan fingerprint density at radius 1 is 1.47 bits per heavy atom. The lowest BCUT2D eigenvalue weighted by molar-refractivity contribution is 0.415. The molecule has 0 aliphatic rings. The summed E-state index contributed by atoms with van der Waals surface area (Å²) in [6.07, 6.45) is 3.40. The molecule has 15 heavy (non-hydrogen) atoms. The number of nitrogens with one attached hydrogen (secondary N) is 2. The van der Waals surface area contributed by atoms with Crippen LogP contribution < -0.4 is 10.1 Å². The Kier molecular flexibility index (Phi) is 2.78. The minimum absolute atomic E-state index is 0.618. The number of rotatable bonds is 3. The molecule has 0 radical (unpaired) electrons. The molecule has 0 spiro atoms. The first-order valence-corrected chi connectivity index (χ1v) is 4.77. The molecule has 2 N–H and O–H groups in total. The van der Waals surface area contributed by atoms with Gasteiger partial charge in [-0.15, -0.1) is 0 Å². The summed E-state index contributed by atoms with van der Waals surface area (Å²) in [5.41, 5.74) is 0.756. The summed E-state index contributed by atoms with van der Waals surface area (Å²) < 4.78 is 5.10. The Morgan fingerprint density at radius 3 is 3.00 bits per heavy atom. The number of anilines is 2. The summed E-state index contributed by atoms with van der Waals surface area (Å²) in [6.45, 7) is 0. The van der Waals surface area contributed by atoms with E-state index in [0.29, 0.717) is 11.0 Å². The van der Waals surface area contributed by atoms with E-state index < -0.39 is 0 Å². The van der Waals surface area contributed by atoms with Crippen LogP contribution in [0.5, 0.6) is 5.75 Å². The Hall–Kier alpha value is -1.68. The number of nitrogens with zero attached hydrogens (tertiary/aromatic N) is 1. The largest absolute Gasteiger partial charge is 0.497 e. The van der Waals surface area contributed by atoms with Crippen LogP contribution in [0.15, 0.2) is 30.6 Å². The first-order chi connectivity index (χ1) is 7.29. The molecule has 1 aromatic carbocycles. The molecule has 0 fully saturated rings. The highest BCUT2D eigenvalue weighted by atomic mass is 35.5. The van der Waals surface area contributed by atoms with Gasteiger partial charge in [0.15, 0.2) is 0 Å². The van der Waals surface area contributed by atoms with Crippen molar-refractivity contribution >= 4 is 23.2 Å². The van der Waals surface area contributed by atoms with E-state index in [4.69, 9.17) is 16.3 Å². The average Bonchev–Trinajstić information content (AvgIpc) is 2.74. The van der Waals surface area contributed by atoms with Gasteiger partial charge in [-0.3, -0.25) is 0 Å². The number of halogens is 1. The molecule has 2 aromatic rings. The fourth-order valence-corrected chi connectivity index (χ4v) is 1.35. The molecule has 0 amide bonds. The van der Waals surface area contributed by atoms with Crippen LogP contribution in [0.1, 0.15) is 0 Å². The number of H-pyrrole nitrogens is 1. The molecule has 0 saturated heterocycles. The van der Waals surface area contributed by atoms with Crippen LogP contribution in [0.25, 0.3) is 0 Å². The van der Waals surface area contributed by atoms with Crippen LogP contribution in [0, 0.1) is 0 Å². The number of hydrogen-bond acceptors (Lipinski definition) is 3. The average molecular weight is 224 g/mol. The van der Waals surface area contributed by atoms with Gasteiger partial charge in [0.05, 0.1) is 17.8 Å². The zero-order chi connectivity index (χ0) is 10.7. The maximum Gasteiger partial charge on any atom is 0.204 e. The van der Waals surface area contributed by atoms with Gasteiger partial charge in [-0.25, -0.2) is 4.98 Å². The van der Waals surface area contributed by atoms with Crippen LogP contribution in [0.2, 0.25) is 5.02 Å². The highest BCUT2D eigenvalue weighted by Gasteiger charge is 2.03. The third kappa shape index (κ3) is 2.22. The standard InChI is InChI=1S/C10H10ClN3O/c1-15-7-2-3-8(11)9(6-7)14-10-12-4-5-13-10/h2-6H,1H3,(H2,12,13,14). The van der Waals surface area contributed by atoms with Crippen molar-refractivity contribution < 1.29 is 4.74 Å². The van der Waals surface area contributed by atoms with Crippen LogP contribution in [-0.4, -0.2) is 17.1 Å². The molecule has 1 aromatic heterocycles. The Balaban J connectivity index is 2.27. The SMILES string of the molecule is COc1ccc(Cl)c(Nc2ncc[nH]2)c1. The Morgan fingerprint density at radius 2 is 2.33 bits per heavy atom. The number of methoxy groups -OCH3 is 1. The fraction of sp³-hybridized carbons (Fsp3) is 0.100. The molecular formula is C10H10ClN3O. The third-order valence-electron chi connectivity index (χ3n) is 1.92. The molecule has 0 atom stereocenters. The molecule has 78 valence electrons. The van der Waals surface area contributed by atoms with Gasteiger partial charge in [0.2, 0.25) is 5.95 Å². The summed E-state index contributed by atoms with van der Waals surface area (Å²) in [5, 5.41) is 3.67. The molecule has 0 saturated carbocycles. The first kappa shape index (κ1) is 9.86. The van der Waals surface area contributed by atoms with Gasteiger partial charge in [-0.1, -0.05) is 11.6 Å². The molecule has 4 nitrogen and oxygen atoms in total. The van der Waals surface area contributed by atoms with E-state index in [0.717, 1.165) is 11.4 Å². The van der Waals surface area contributed by atoms with E-state index in [1.165, 1.54) is 0 Å². The van der Waals surface area contributed by atoms with Gasteiger partial charge in [0, 0.05) is 18.5 Å². The van der Waals surface area contributed by atoms with Crippen molar-refractivity contribution in [3.05, 3.63) is 35.6 Å². The predicted octanol–water partition coefficient (Wildman–Crippen LogP) is 2.82. The van der Waals surface area contributed by atoms with E-state index in [1.54, 1.807) is 31.6 Å². The van der Waals surface area contributed by atoms with Crippen molar-refractivity contribution in [1.82, 2.24) is 9.97 Å². The monoisotopic (exact) mass is 223 g/mol. The van der Waals surface area contributed by atoms with Crippen molar-refractivity contribution in [3.8, 4) is 5.75 Å². The quantitative estimate of drug-likeness (QED) is 0.841. The number of hydrogen-bond donors (Lipinski definition) is 2. The van der Waals surface area contributed by atoms with E-state index in [9.17, 15) is 0 Å². The minimum Gasteiger partial charge on any atom is -0.497 e. The summed E-state index contributed by atoms with van der Waals surface area (Å²) in [4.78, 5) is 6.97. The van der Waals surface area contributed by atoms with Gasteiger partial charge in [-0.2, -0.15) is 0 Å². The molecule has 0 aliphatic carbocycles. The minimum atomic E-state index is 0.618. The second-order valence-electron chi connectivity index (χ2n) is 2.91. The summed E-state index contributed by atoms with van der Waals surface area (Å²) >= 11 is 6.01. The van der Waals surface area contributed by atoms with Gasteiger partial charge in [0.25, 0.3) is 0 Å². The number of benzene rings is 1. The highest BCUT2D eigenvalue weighted by molar-refractivity contribution is 6.33. The predicted molar refractivity (Wildman–Crippen MR) is 59.9 cm³/mol. The van der Waals surface area contributed by atoms with Crippen LogP contribution >= 0.6 is 11.6 Å². The maximum atomic E-state index is 6.01. The van der Waals surface area contributed by atoms with E-state index >= 15 is 0 Å². The number of aromatic nitrogens is 2. The smallest absolute Gasteiger partial charge is 0.204 e. The molecule has 0 aliphatic heterocycles. The molecule has 1 heterocycles. The summed E-state index contributed by atoms with van der Waals surface area (Å²) in [5.74, 6) is 1.39. The lowest BCUT2D eigenvalue weighted by Gasteiger charge is -2.07. The van der Waals surface area contributed by atoms with E-state index in [1.807, 2.05) is 6.07 Å². The fourth-order valence-electron chi connectivity index (χ4n) is 1.19. The maximum absolute atomic E-state index is 6.01. The number of ether oxygens (including phenoxy) is 1. The van der Waals surface area contributed by atoms with Crippen molar-refractivity contribution in [2.24, 2.45) is 0 Å². The summed E-state index contributed by atoms with van der Waals surface area (Å²) in [6, 6.07) is 5.38.